The lowest BCUT2D eigenvalue weighted by Crippen LogP contribution is -2.60. The lowest BCUT2D eigenvalue weighted by atomic mass is 9.98. The summed E-state index contributed by atoms with van der Waals surface area (Å²) in [5.41, 5.74) is 0. The van der Waals surface area contributed by atoms with Gasteiger partial charge in [0.15, 0.2) is 6.29 Å². The minimum absolute atomic E-state index is 0.267. The Hall–Kier alpha value is -0.890. The zero-order valence-electron chi connectivity index (χ0n) is 39.4. The molecule has 11 nitrogen and oxygen atoms in total. The third kappa shape index (κ3) is 30.0. The Balaban J connectivity index is 2.37. The van der Waals surface area contributed by atoms with Crippen molar-refractivity contribution >= 4 is 5.91 Å². The number of aliphatic hydroxyl groups excluding tert-OH is 7. The van der Waals surface area contributed by atoms with E-state index in [1.807, 2.05) is 0 Å². The van der Waals surface area contributed by atoms with E-state index in [1.165, 1.54) is 167 Å². The van der Waals surface area contributed by atoms with E-state index in [2.05, 4.69) is 19.2 Å². The minimum atomic E-state index is -1.66. The van der Waals surface area contributed by atoms with Crippen molar-refractivity contribution in [2.75, 3.05) is 13.2 Å². The first-order valence-electron chi connectivity index (χ1n) is 25.9. The van der Waals surface area contributed by atoms with Crippen LogP contribution in [0.5, 0.6) is 0 Å². The van der Waals surface area contributed by atoms with Gasteiger partial charge in [0.05, 0.1) is 25.4 Å². The largest absolute Gasteiger partial charge is 0.394 e. The summed E-state index contributed by atoms with van der Waals surface area (Å²) in [5, 5.41) is 75.9. The van der Waals surface area contributed by atoms with Gasteiger partial charge in [-0.25, -0.2) is 0 Å². The highest BCUT2D eigenvalue weighted by Crippen LogP contribution is 2.23. The molecule has 0 aromatic rings. The molecule has 0 bridgehead atoms. The van der Waals surface area contributed by atoms with E-state index in [0.29, 0.717) is 19.3 Å². The van der Waals surface area contributed by atoms with E-state index in [1.54, 1.807) is 0 Å². The molecule has 0 aromatic carbocycles. The Bertz CT molecular complexity index is 959. The standard InChI is InChI=1S/C50H99NO10/c1-3-5-7-9-11-13-15-17-19-20-21-22-24-26-28-30-32-34-36-38-43(54)49(59)51-41(40-60-50-48(58)47(57)46(56)44(39-52)61-50)45(55)42(53)37-35-33-31-29-27-25-23-18-16-14-12-10-8-6-4-2/h41-48,50,52-58H,3-40H2,1-2H3,(H,51,59). The van der Waals surface area contributed by atoms with Crippen LogP contribution in [0.4, 0.5) is 0 Å². The normalized spacial score (nSPS) is 21.4. The summed E-state index contributed by atoms with van der Waals surface area (Å²) in [7, 11) is 0. The van der Waals surface area contributed by atoms with Gasteiger partial charge in [-0.05, 0) is 12.8 Å². The average Bonchev–Trinajstić information content (AvgIpc) is 3.26. The number of rotatable bonds is 44. The van der Waals surface area contributed by atoms with Crippen LogP contribution in [-0.2, 0) is 14.3 Å². The van der Waals surface area contributed by atoms with Gasteiger partial charge >= 0.3 is 0 Å². The summed E-state index contributed by atoms with van der Waals surface area (Å²) >= 11 is 0. The third-order valence-electron chi connectivity index (χ3n) is 12.9. The number of aliphatic hydroxyl groups is 7. The van der Waals surface area contributed by atoms with Crippen LogP contribution in [0.1, 0.15) is 245 Å². The van der Waals surface area contributed by atoms with Crippen molar-refractivity contribution in [1.29, 1.82) is 0 Å². The van der Waals surface area contributed by atoms with Crippen LogP contribution in [0.3, 0.4) is 0 Å². The second kappa shape index (κ2) is 40.6. The molecule has 1 heterocycles. The smallest absolute Gasteiger partial charge is 0.249 e. The van der Waals surface area contributed by atoms with E-state index < -0.39 is 74.2 Å². The summed E-state index contributed by atoms with van der Waals surface area (Å²) in [6.45, 7) is 3.47. The summed E-state index contributed by atoms with van der Waals surface area (Å²) < 4.78 is 11.1. The number of hydrogen-bond donors (Lipinski definition) is 8. The van der Waals surface area contributed by atoms with Crippen LogP contribution >= 0.6 is 0 Å². The molecular formula is C50H99NO10. The number of ether oxygens (including phenoxy) is 2. The van der Waals surface area contributed by atoms with Crippen molar-refractivity contribution in [2.24, 2.45) is 0 Å². The molecule has 1 rings (SSSR count). The Morgan fingerprint density at radius 3 is 1.21 bits per heavy atom. The van der Waals surface area contributed by atoms with Gasteiger partial charge in [-0.15, -0.1) is 0 Å². The molecule has 0 aliphatic carbocycles. The van der Waals surface area contributed by atoms with Crippen LogP contribution < -0.4 is 5.32 Å². The summed E-state index contributed by atoms with van der Waals surface area (Å²) in [5.74, 6) is -0.692. The molecule has 0 radical (unpaired) electrons. The van der Waals surface area contributed by atoms with Crippen LogP contribution in [0, 0.1) is 0 Å². The zero-order valence-corrected chi connectivity index (χ0v) is 39.4. The topological polar surface area (TPSA) is 189 Å². The fraction of sp³-hybridized carbons (Fsp3) is 0.980. The number of carbonyl (C=O) groups is 1. The summed E-state index contributed by atoms with van der Waals surface area (Å²) in [6.07, 6.45) is 31.4. The monoisotopic (exact) mass is 874 g/mol. The van der Waals surface area contributed by atoms with E-state index >= 15 is 0 Å². The predicted molar refractivity (Wildman–Crippen MR) is 247 cm³/mol. The summed E-state index contributed by atoms with van der Waals surface area (Å²) in [6, 6.07) is -1.16. The van der Waals surface area contributed by atoms with Gasteiger partial charge in [0.2, 0.25) is 5.91 Å². The summed E-state index contributed by atoms with van der Waals surface area (Å²) in [4.78, 5) is 13.1. The van der Waals surface area contributed by atoms with E-state index in [-0.39, 0.29) is 6.42 Å². The van der Waals surface area contributed by atoms with Gasteiger partial charge in [0, 0.05) is 0 Å². The van der Waals surface area contributed by atoms with Gasteiger partial charge in [-0.1, -0.05) is 232 Å². The molecule has 1 aliphatic heterocycles. The maximum Gasteiger partial charge on any atom is 0.249 e. The van der Waals surface area contributed by atoms with Gasteiger partial charge in [-0.3, -0.25) is 4.79 Å². The van der Waals surface area contributed by atoms with Gasteiger partial charge < -0.3 is 50.5 Å². The van der Waals surface area contributed by atoms with Crippen molar-refractivity contribution < 1.29 is 50.0 Å². The van der Waals surface area contributed by atoms with Crippen LogP contribution in [-0.4, -0.2) is 110 Å². The van der Waals surface area contributed by atoms with Crippen molar-refractivity contribution in [1.82, 2.24) is 5.32 Å². The van der Waals surface area contributed by atoms with Crippen molar-refractivity contribution in [3.8, 4) is 0 Å². The molecule has 0 aromatic heterocycles. The molecule has 8 N–H and O–H groups in total. The first-order valence-corrected chi connectivity index (χ1v) is 25.9. The molecule has 11 heteroatoms. The van der Waals surface area contributed by atoms with Gasteiger partial charge in [0.1, 0.15) is 36.6 Å². The molecule has 61 heavy (non-hydrogen) atoms. The molecule has 364 valence electrons. The quantitative estimate of drug-likeness (QED) is 0.0274. The first kappa shape index (κ1) is 58.1. The minimum Gasteiger partial charge on any atom is -0.394 e. The number of hydrogen-bond acceptors (Lipinski definition) is 10. The van der Waals surface area contributed by atoms with Crippen molar-refractivity contribution in [3.05, 3.63) is 0 Å². The lowest BCUT2D eigenvalue weighted by molar-refractivity contribution is -0.303. The SMILES string of the molecule is CCCCCCCCCCCCCCCCCCCCCC(O)C(=O)NC(COC1OC(CO)C(O)C(O)C1O)C(O)C(O)CCCCCCCCCCCCCCCCC. The fourth-order valence-corrected chi connectivity index (χ4v) is 8.62. The number of amides is 1. The second-order valence-corrected chi connectivity index (χ2v) is 18.6. The second-order valence-electron chi connectivity index (χ2n) is 18.6. The number of nitrogens with one attached hydrogen (secondary N) is 1. The average molecular weight is 874 g/mol. The van der Waals surface area contributed by atoms with Crippen LogP contribution in [0.2, 0.25) is 0 Å². The highest BCUT2D eigenvalue weighted by Gasteiger charge is 2.44. The highest BCUT2D eigenvalue weighted by atomic mass is 16.7. The lowest BCUT2D eigenvalue weighted by Gasteiger charge is -2.40. The van der Waals surface area contributed by atoms with Crippen LogP contribution in [0.15, 0.2) is 0 Å². The van der Waals surface area contributed by atoms with Crippen molar-refractivity contribution in [2.45, 2.75) is 300 Å². The fourth-order valence-electron chi connectivity index (χ4n) is 8.62. The Morgan fingerprint density at radius 1 is 0.508 bits per heavy atom. The maximum absolute atomic E-state index is 13.1. The van der Waals surface area contributed by atoms with E-state index in [9.17, 15) is 40.5 Å². The number of unbranched alkanes of at least 4 members (excludes halogenated alkanes) is 32. The Labute approximate surface area is 373 Å². The molecular weight excluding hydrogens is 775 g/mol. The molecule has 0 spiro atoms. The Morgan fingerprint density at radius 2 is 0.852 bits per heavy atom. The molecule has 1 saturated heterocycles. The van der Waals surface area contributed by atoms with Gasteiger partial charge in [0.25, 0.3) is 0 Å². The molecule has 1 amide bonds. The van der Waals surface area contributed by atoms with E-state index in [0.717, 1.165) is 38.5 Å². The molecule has 9 atom stereocenters. The molecule has 1 aliphatic rings. The third-order valence-corrected chi connectivity index (χ3v) is 12.9. The number of carbonyl (C=O) groups excluding carboxylic acids is 1. The molecule has 1 fully saturated rings. The molecule has 0 saturated carbocycles. The van der Waals surface area contributed by atoms with Gasteiger partial charge in [-0.2, -0.15) is 0 Å². The molecule has 9 unspecified atom stereocenters. The van der Waals surface area contributed by atoms with Crippen molar-refractivity contribution in [3.63, 3.8) is 0 Å². The maximum atomic E-state index is 13.1. The van der Waals surface area contributed by atoms with Crippen LogP contribution in [0.25, 0.3) is 0 Å². The Kier molecular flexibility index (Phi) is 38.7. The first-order chi connectivity index (χ1) is 29.7. The zero-order chi connectivity index (χ0) is 44.8. The predicted octanol–water partition coefficient (Wildman–Crippen LogP) is 9.45. The highest BCUT2D eigenvalue weighted by molar-refractivity contribution is 5.80. The van der Waals surface area contributed by atoms with E-state index in [4.69, 9.17) is 9.47 Å².